The van der Waals surface area contributed by atoms with E-state index < -0.39 is 29.4 Å². The van der Waals surface area contributed by atoms with Crippen molar-refractivity contribution in [1.82, 2.24) is 30.1 Å². The number of benzene rings is 5. The van der Waals surface area contributed by atoms with Crippen molar-refractivity contribution in [3.8, 4) is 17.6 Å². The number of amides is 2. The van der Waals surface area contributed by atoms with Crippen LogP contribution in [0.1, 0.15) is 99.1 Å². The number of aromatic carboxylic acids is 1. The van der Waals surface area contributed by atoms with Gasteiger partial charge in [-0.15, -0.1) is 0 Å². The van der Waals surface area contributed by atoms with Gasteiger partial charge in [0, 0.05) is 147 Å². The van der Waals surface area contributed by atoms with Crippen LogP contribution in [0.2, 0.25) is 0 Å². The normalized spacial score (nSPS) is 13.9. The smallest absolute Gasteiger partial charge is 0.337 e. The molecule has 3 saturated heterocycles. The number of aryl methyl sites for hydroxylation is 2. The van der Waals surface area contributed by atoms with Crippen molar-refractivity contribution in [3.63, 3.8) is 0 Å². The second-order valence-electron chi connectivity index (χ2n) is 22.2. The number of aromatic nitrogens is 3. The van der Waals surface area contributed by atoms with E-state index in [-0.39, 0.29) is 65.0 Å². The Kier molecular flexibility index (Phi) is 30.6. The fourth-order valence-electron chi connectivity index (χ4n) is 9.88. The fraction of sp³-hybridized carbons (Fsp3) is 0.286. The predicted octanol–water partition coefficient (Wildman–Crippen LogP) is 15.0. The maximum atomic E-state index is 14.1. The van der Waals surface area contributed by atoms with Crippen molar-refractivity contribution in [2.75, 3.05) is 50.7 Å². The van der Waals surface area contributed by atoms with Crippen LogP contribution in [0.4, 0.5) is 24.5 Å². The van der Waals surface area contributed by atoms with Crippen LogP contribution in [0.5, 0.6) is 17.6 Å². The lowest BCUT2D eigenvalue weighted by Gasteiger charge is -2.32. The molecule has 506 valence electrons. The molecule has 0 atom stereocenters. The van der Waals surface area contributed by atoms with Gasteiger partial charge in [0.1, 0.15) is 41.5 Å². The highest BCUT2D eigenvalue weighted by Gasteiger charge is 2.29. The van der Waals surface area contributed by atoms with Gasteiger partial charge in [-0.2, -0.15) is 0 Å². The molecule has 0 unspecified atom stereocenters. The van der Waals surface area contributed by atoms with Crippen molar-refractivity contribution in [2.45, 2.75) is 88.9 Å². The van der Waals surface area contributed by atoms with Crippen LogP contribution in [0.3, 0.4) is 0 Å². The zero-order valence-corrected chi connectivity index (χ0v) is 59.8. The quantitative estimate of drug-likeness (QED) is 0.0531. The van der Waals surface area contributed by atoms with E-state index in [2.05, 4.69) is 99.9 Å². The highest BCUT2D eigenvalue weighted by Crippen LogP contribution is 2.26. The number of Topliss-reactive ketones (excluding diaryl/α,β-unsaturated/α-hetero) is 1. The molecule has 3 fully saturated rings. The second kappa shape index (κ2) is 38.9. The number of carboxylic acids is 2. The summed E-state index contributed by atoms with van der Waals surface area (Å²) in [5, 5.41) is 20.2. The van der Waals surface area contributed by atoms with Gasteiger partial charge in [-0.3, -0.25) is 19.2 Å². The summed E-state index contributed by atoms with van der Waals surface area (Å²) in [6.45, 7) is 4.15. The number of nitrogens with two attached hydrogens (primary N) is 2. The lowest BCUT2D eigenvalue weighted by Crippen LogP contribution is -2.42. The lowest BCUT2D eigenvalue weighted by molar-refractivity contribution is -0.137. The average Bonchev–Trinajstić information content (AvgIpc) is 0.848. The highest BCUT2D eigenvalue weighted by molar-refractivity contribution is 9.11. The number of rotatable bonds is 17. The summed E-state index contributed by atoms with van der Waals surface area (Å²) in [5.41, 5.74) is 14.3. The number of piperidine rings is 3. The minimum Gasteiger partial charge on any atom is -0.481 e. The number of nitrogens with one attached hydrogen (secondary N) is 1. The topological polar surface area (TPSA) is 263 Å². The van der Waals surface area contributed by atoms with Gasteiger partial charge in [0.05, 0.1) is 11.1 Å². The molecular weight excluding hydrogens is 1570 g/mol. The molecule has 18 nitrogen and oxygen atoms in total. The molecule has 2 amide bonds. The number of carbonyl (C=O) groups is 5. The number of nitrogens with zero attached hydrogens (tertiary/aromatic N) is 5. The van der Waals surface area contributed by atoms with Gasteiger partial charge in [-0.25, -0.2) is 32.9 Å². The number of carbonyl (C=O) groups excluding carboxylic acids is 3. The van der Waals surface area contributed by atoms with Crippen molar-refractivity contribution in [1.29, 1.82) is 0 Å². The molecule has 96 heavy (non-hydrogen) atoms. The molecule has 0 bridgehead atoms. The number of carboxylic acid groups (broad SMARTS) is 2. The largest absolute Gasteiger partial charge is 0.481 e. The van der Waals surface area contributed by atoms with E-state index >= 15 is 0 Å². The minimum absolute atomic E-state index is 0.00702. The number of likely N-dealkylation sites (tertiary alicyclic amines) is 2. The fourth-order valence-corrected chi connectivity index (χ4v) is 11.1. The molecule has 3 aliphatic rings. The van der Waals surface area contributed by atoms with Crippen LogP contribution >= 0.6 is 79.6 Å². The second-order valence-corrected chi connectivity index (χ2v) is 26.7. The standard InChI is InChI=1S/C27H25Br2FN2O3.C17H17BrFN3O2.C10H13BrN2O.C9H9BrO2.C7H6FNO2/c28-20-5-1-18(2-6-20)3-9-23(33)15-19-4-8-22(30)16-25(19)27(34)32-13-11-24(12-14-32)35-26-10-7-21(29)17-31-26;18-11-1-4-16(21-10-11)24-13-5-7-22(8-6-13)17(23)14-9-12(19)2-3-15(14)20;11-8-1-2-10(13-7-8)14-9-3-5-12-6-4-9;10-8-4-1-7(2-5-8)3-6-9(11)12;8-4-1-2-6(9)5(3-4)7(10)11/h1-2,4-8,10,16-17,24H,3,9,11-15H2;1-4,9-10,13H,5-8,20H2;1-2,7,9,12H,3-6H2;1-2,4-5H,3,6H2,(H,11,12);1-3H,9H2,(H,10,11). The maximum Gasteiger partial charge on any atom is 0.337 e. The van der Waals surface area contributed by atoms with E-state index in [4.69, 9.17) is 35.9 Å². The van der Waals surface area contributed by atoms with Crippen LogP contribution in [0.25, 0.3) is 0 Å². The summed E-state index contributed by atoms with van der Waals surface area (Å²) < 4.78 is 62.1. The third kappa shape index (κ3) is 26.0. The Bertz CT molecular complexity index is 3830. The van der Waals surface area contributed by atoms with Crippen molar-refractivity contribution in [2.24, 2.45) is 0 Å². The molecule has 0 spiro atoms. The Hall–Kier alpha value is -7.75. The molecule has 0 radical (unpaired) electrons. The van der Waals surface area contributed by atoms with Crippen molar-refractivity contribution in [3.05, 3.63) is 231 Å². The maximum absolute atomic E-state index is 14.1. The number of ether oxygens (including phenoxy) is 3. The molecule has 3 aromatic heterocycles. The van der Waals surface area contributed by atoms with Gasteiger partial charge in [-0.05, 0) is 194 Å². The Morgan fingerprint density at radius 2 is 0.833 bits per heavy atom. The Labute approximate surface area is 596 Å². The number of hydrogen-bond acceptors (Lipinski definition) is 14. The molecule has 3 aliphatic heterocycles. The zero-order valence-electron chi connectivity index (χ0n) is 51.8. The monoisotopic (exact) mass is 1630 g/mol. The van der Waals surface area contributed by atoms with Crippen LogP contribution in [0, 0.1) is 17.5 Å². The van der Waals surface area contributed by atoms with Crippen molar-refractivity contribution >= 4 is 121 Å². The summed E-state index contributed by atoms with van der Waals surface area (Å²) in [6.07, 6.45) is 12.1. The summed E-state index contributed by atoms with van der Waals surface area (Å²) >= 11 is 16.7. The van der Waals surface area contributed by atoms with E-state index in [1.54, 1.807) is 46.6 Å². The first-order valence-corrected chi connectivity index (χ1v) is 34.5. The minimum atomic E-state index is -1.22. The van der Waals surface area contributed by atoms with E-state index in [9.17, 15) is 37.1 Å². The predicted molar refractivity (Wildman–Crippen MR) is 378 cm³/mol. The first kappa shape index (κ1) is 75.6. The summed E-state index contributed by atoms with van der Waals surface area (Å²) in [4.78, 5) is 75.0. The number of anilines is 2. The Morgan fingerprint density at radius 1 is 0.469 bits per heavy atom. The zero-order chi connectivity index (χ0) is 69.1. The van der Waals surface area contributed by atoms with Gasteiger partial charge in [0.15, 0.2) is 0 Å². The first-order valence-electron chi connectivity index (χ1n) is 30.5. The van der Waals surface area contributed by atoms with E-state index in [0.717, 1.165) is 77.4 Å². The van der Waals surface area contributed by atoms with Crippen LogP contribution < -0.4 is 31.0 Å². The molecule has 0 aliphatic carbocycles. The van der Waals surface area contributed by atoms with Crippen molar-refractivity contribution < 1.29 is 61.6 Å². The molecule has 11 rings (SSSR count). The van der Waals surface area contributed by atoms with Gasteiger partial charge in [0.2, 0.25) is 17.6 Å². The van der Waals surface area contributed by atoms with E-state index in [1.165, 1.54) is 36.4 Å². The van der Waals surface area contributed by atoms with Crippen LogP contribution in [-0.4, -0.2) is 122 Å². The third-order valence-corrected chi connectivity index (χ3v) is 17.5. The molecule has 5 aromatic carbocycles. The van der Waals surface area contributed by atoms with Gasteiger partial charge in [0.25, 0.3) is 11.8 Å². The number of aliphatic carboxylic acids is 1. The third-order valence-electron chi connectivity index (χ3n) is 15.0. The first-order chi connectivity index (χ1) is 46.0. The number of nitrogen functional groups attached to an aromatic ring is 2. The Morgan fingerprint density at radius 3 is 1.23 bits per heavy atom. The number of ketones is 1. The molecule has 7 N–H and O–H groups in total. The summed E-state index contributed by atoms with van der Waals surface area (Å²) in [5.74, 6) is -2.16. The summed E-state index contributed by atoms with van der Waals surface area (Å²) in [6, 6.07) is 37.9. The van der Waals surface area contributed by atoms with Gasteiger partial charge < -0.3 is 51.0 Å². The highest BCUT2D eigenvalue weighted by atomic mass is 79.9. The number of pyridine rings is 3. The lowest BCUT2D eigenvalue weighted by atomic mass is 9.97. The summed E-state index contributed by atoms with van der Waals surface area (Å²) in [7, 11) is 0. The van der Waals surface area contributed by atoms with Gasteiger partial charge in [-0.1, -0.05) is 62.2 Å². The number of halogens is 8. The molecule has 0 saturated carbocycles. The van der Waals surface area contributed by atoms with Crippen LogP contribution in [0.15, 0.2) is 180 Å². The molecular formula is C70H70Br5F3N8O10. The van der Waals surface area contributed by atoms with Gasteiger partial charge >= 0.3 is 11.9 Å². The molecule has 8 aromatic rings. The SMILES string of the molecule is Brc1ccc(OC2CCNCC2)nc1.Nc1ccc(F)cc1C(=O)N1CCC(Oc2ccc(Br)cn2)CC1.Nc1ccc(F)cc1C(=O)O.O=C(CCc1ccc(Br)cc1)Cc1ccc(F)cc1C(=O)N1CCC(Oc2ccc(Br)cn2)CC1.O=C(O)CCc1ccc(Br)cc1. The van der Waals surface area contributed by atoms with Crippen LogP contribution in [-0.2, 0) is 28.9 Å². The average molecular weight is 1640 g/mol. The van der Waals surface area contributed by atoms with E-state index in [1.807, 2.05) is 72.8 Å². The Balaban J connectivity index is 0.000000184. The number of hydrogen-bond donors (Lipinski definition) is 5. The van der Waals surface area contributed by atoms with E-state index in [0.29, 0.717) is 100 Å². The molecule has 6 heterocycles. The molecule has 26 heteroatoms.